The van der Waals surface area contributed by atoms with Crippen molar-refractivity contribution < 1.29 is 4.79 Å². The summed E-state index contributed by atoms with van der Waals surface area (Å²) in [6.45, 7) is 2.73. The molecule has 1 amide bonds. The van der Waals surface area contributed by atoms with Crippen molar-refractivity contribution in [3.8, 4) is 0 Å². The van der Waals surface area contributed by atoms with E-state index in [1.165, 1.54) is 0 Å². The minimum absolute atomic E-state index is 0.222. The molecule has 0 unspecified atom stereocenters. The average molecular weight is 249 g/mol. The Balaban J connectivity index is 2.18. The second-order valence-corrected chi connectivity index (χ2v) is 3.93. The number of carbonyl (C=O) groups excluding carboxylic acids is 1. The molecule has 1 heterocycles. The molecule has 0 bridgehead atoms. The van der Waals surface area contributed by atoms with Gasteiger partial charge in [-0.25, -0.2) is 0 Å². The van der Waals surface area contributed by atoms with Crippen LogP contribution in [0.4, 0.5) is 10.8 Å². The van der Waals surface area contributed by atoms with Gasteiger partial charge in [-0.1, -0.05) is 21.7 Å². The van der Waals surface area contributed by atoms with Crippen molar-refractivity contribution in [2.24, 2.45) is 0 Å². The molecule has 2 N–H and O–H groups in total. The van der Waals surface area contributed by atoms with Crippen LogP contribution in [0.5, 0.6) is 0 Å². The Labute approximate surface area is 102 Å². The number of para-hydroxylation sites is 1. The van der Waals surface area contributed by atoms with E-state index < -0.39 is 0 Å². The van der Waals surface area contributed by atoms with Gasteiger partial charge in [0.15, 0.2) is 0 Å². The Morgan fingerprint density at radius 3 is 2.94 bits per heavy atom. The number of hydrogen-bond acceptors (Lipinski definition) is 6. The van der Waals surface area contributed by atoms with Crippen LogP contribution in [-0.2, 0) is 0 Å². The lowest BCUT2D eigenvalue weighted by atomic mass is 10.1. The molecule has 88 valence electrons. The molecule has 7 heteroatoms. The zero-order valence-corrected chi connectivity index (χ0v) is 9.99. The number of hydrogen-bond donors (Lipinski definition) is 2. The maximum atomic E-state index is 12.0. The molecule has 0 saturated heterocycles. The van der Waals surface area contributed by atoms with E-state index in [-0.39, 0.29) is 5.91 Å². The summed E-state index contributed by atoms with van der Waals surface area (Å²) in [6, 6.07) is 7.30. The van der Waals surface area contributed by atoms with Gasteiger partial charge >= 0.3 is 0 Å². The van der Waals surface area contributed by atoms with Crippen LogP contribution in [-0.4, -0.2) is 27.3 Å². The van der Waals surface area contributed by atoms with E-state index in [1.54, 1.807) is 6.07 Å². The largest absolute Gasteiger partial charge is 0.385 e. The number of benzene rings is 1. The van der Waals surface area contributed by atoms with Gasteiger partial charge < -0.3 is 5.32 Å². The summed E-state index contributed by atoms with van der Waals surface area (Å²) in [5, 5.41) is 13.2. The molecule has 2 aromatic rings. The van der Waals surface area contributed by atoms with Crippen LogP contribution in [0, 0.1) is 0 Å². The third-order valence-corrected chi connectivity index (χ3v) is 2.57. The number of nitrogens with one attached hydrogen (secondary N) is 2. The van der Waals surface area contributed by atoms with Gasteiger partial charge in [0.2, 0.25) is 5.13 Å². The van der Waals surface area contributed by atoms with Crippen LogP contribution >= 0.6 is 11.5 Å². The van der Waals surface area contributed by atoms with Gasteiger partial charge in [0.05, 0.1) is 5.56 Å². The summed E-state index contributed by atoms with van der Waals surface area (Å²) in [7, 11) is 0. The molecular weight excluding hydrogens is 238 g/mol. The first-order valence-electron chi connectivity index (χ1n) is 5.10. The lowest BCUT2D eigenvalue weighted by Gasteiger charge is -2.09. The van der Waals surface area contributed by atoms with Crippen molar-refractivity contribution in [3.05, 3.63) is 29.8 Å². The van der Waals surface area contributed by atoms with Crippen molar-refractivity contribution in [3.63, 3.8) is 0 Å². The molecule has 0 saturated carbocycles. The van der Waals surface area contributed by atoms with Crippen LogP contribution in [0.3, 0.4) is 0 Å². The zero-order chi connectivity index (χ0) is 12.1. The number of aromatic nitrogens is 3. The molecule has 6 nitrogen and oxygen atoms in total. The first kappa shape index (κ1) is 11.5. The van der Waals surface area contributed by atoms with Gasteiger partial charge in [-0.2, -0.15) is 0 Å². The Kier molecular flexibility index (Phi) is 3.61. The van der Waals surface area contributed by atoms with Crippen molar-refractivity contribution in [1.82, 2.24) is 14.8 Å². The maximum Gasteiger partial charge on any atom is 0.259 e. The summed E-state index contributed by atoms with van der Waals surface area (Å²) in [4.78, 5) is 12.0. The smallest absolute Gasteiger partial charge is 0.259 e. The average Bonchev–Trinajstić information content (AvgIpc) is 2.83. The monoisotopic (exact) mass is 249 g/mol. The van der Waals surface area contributed by atoms with E-state index in [2.05, 4.69) is 25.4 Å². The minimum Gasteiger partial charge on any atom is -0.385 e. The molecule has 2 rings (SSSR count). The predicted octanol–water partition coefficient (Wildman–Crippen LogP) is 1.62. The van der Waals surface area contributed by atoms with E-state index in [0.717, 1.165) is 23.8 Å². The quantitative estimate of drug-likeness (QED) is 0.860. The summed E-state index contributed by atoms with van der Waals surface area (Å²) in [5.74, 6) is -0.222. The zero-order valence-electron chi connectivity index (χ0n) is 9.17. The molecule has 0 atom stereocenters. The Hall–Kier alpha value is -2.02. The fourth-order valence-electron chi connectivity index (χ4n) is 1.37. The second-order valence-electron chi connectivity index (χ2n) is 3.20. The van der Waals surface area contributed by atoms with Crippen LogP contribution < -0.4 is 10.6 Å². The number of amides is 1. The van der Waals surface area contributed by atoms with Crippen LogP contribution in [0.25, 0.3) is 0 Å². The molecule has 1 aromatic carbocycles. The van der Waals surface area contributed by atoms with Crippen molar-refractivity contribution >= 4 is 28.3 Å². The highest BCUT2D eigenvalue weighted by atomic mass is 32.1. The fraction of sp³-hybridized carbons (Fsp3) is 0.200. The van der Waals surface area contributed by atoms with Crippen LogP contribution in [0.15, 0.2) is 24.3 Å². The summed E-state index contributed by atoms with van der Waals surface area (Å²) in [5.41, 5.74) is 1.37. The highest BCUT2D eigenvalue weighted by Gasteiger charge is 2.12. The van der Waals surface area contributed by atoms with Gasteiger partial charge in [-0.15, -0.1) is 0 Å². The Bertz CT molecular complexity index is 499. The molecule has 1 aromatic heterocycles. The molecule has 0 aliphatic carbocycles. The lowest BCUT2D eigenvalue weighted by Crippen LogP contribution is -2.14. The van der Waals surface area contributed by atoms with E-state index in [9.17, 15) is 4.79 Å². The maximum absolute atomic E-state index is 12.0. The Morgan fingerprint density at radius 1 is 1.41 bits per heavy atom. The number of nitrogens with zero attached hydrogens (tertiary/aromatic N) is 3. The number of anilines is 2. The molecule has 17 heavy (non-hydrogen) atoms. The normalized spacial score (nSPS) is 9.94. The summed E-state index contributed by atoms with van der Waals surface area (Å²) in [6.07, 6.45) is 0. The summed E-state index contributed by atoms with van der Waals surface area (Å²) >= 11 is 1.04. The highest BCUT2D eigenvalue weighted by molar-refractivity contribution is 7.09. The first-order valence-corrected chi connectivity index (χ1v) is 5.88. The van der Waals surface area contributed by atoms with E-state index >= 15 is 0 Å². The third-order valence-electron chi connectivity index (χ3n) is 2.06. The second kappa shape index (κ2) is 5.35. The summed E-state index contributed by atoms with van der Waals surface area (Å²) < 4.78 is 3.58. The van der Waals surface area contributed by atoms with E-state index in [1.807, 2.05) is 25.1 Å². The van der Waals surface area contributed by atoms with Crippen LogP contribution in [0.2, 0.25) is 0 Å². The molecule has 0 aliphatic heterocycles. The SMILES string of the molecule is CCNc1ccccc1C(=O)Nc1nnns1. The van der Waals surface area contributed by atoms with Crippen molar-refractivity contribution in [1.29, 1.82) is 0 Å². The van der Waals surface area contributed by atoms with Gasteiger partial charge in [-0.05, 0) is 24.3 Å². The van der Waals surface area contributed by atoms with Gasteiger partial charge in [0, 0.05) is 23.8 Å². The topological polar surface area (TPSA) is 79.8 Å². The molecular formula is C10H11N5OS. The van der Waals surface area contributed by atoms with Gasteiger partial charge in [0.1, 0.15) is 0 Å². The van der Waals surface area contributed by atoms with Gasteiger partial charge in [-0.3, -0.25) is 10.1 Å². The van der Waals surface area contributed by atoms with Gasteiger partial charge in [0.25, 0.3) is 5.91 Å². The van der Waals surface area contributed by atoms with E-state index in [0.29, 0.717) is 10.7 Å². The predicted molar refractivity (Wildman–Crippen MR) is 66.3 cm³/mol. The molecule has 0 radical (unpaired) electrons. The molecule has 0 aliphatic rings. The number of rotatable bonds is 4. The molecule has 0 spiro atoms. The van der Waals surface area contributed by atoms with E-state index in [4.69, 9.17) is 0 Å². The minimum atomic E-state index is -0.222. The fourth-order valence-corrected chi connectivity index (χ4v) is 1.73. The Morgan fingerprint density at radius 2 is 2.24 bits per heavy atom. The standard InChI is InChI=1S/C10H11N5OS/c1-2-11-8-6-4-3-5-7(8)9(16)12-10-13-14-15-17-10/h3-6,11H,2H2,1H3,(H,12,13,15,16). The van der Waals surface area contributed by atoms with Crippen LogP contribution in [0.1, 0.15) is 17.3 Å². The highest BCUT2D eigenvalue weighted by Crippen LogP contribution is 2.16. The first-order chi connectivity index (χ1) is 8.31. The number of carbonyl (C=O) groups is 1. The van der Waals surface area contributed by atoms with Crippen molar-refractivity contribution in [2.75, 3.05) is 17.2 Å². The van der Waals surface area contributed by atoms with Crippen molar-refractivity contribution in [2.45, 2.75) is 6.92 Å². The lowest BCUT2D eigenvalue weighted by molar-refractivity contribution is 0.102. The molecule has 0 fully saturated rings. The third kappa shape index (κ3) is 2.76.